The molecule has 0 bridgehead atoms. The molecule has 1 aromatic heterocycles. The summed E-state index contributed by atoms with van der Waals surface area (Å²) in [5, 5.41) is 14.8. The molecule has 0 N–H and O–H groups in total. The van der Waals surface area contributed by atoms with Gasteiger partial charge in [-0.05, 0) is 12.1 Å². The van der Waals surface area contributed by atoms with Crippen molar-refractivity contribution in [3.05, 3.63) is 51.8 Å². The molecular weight excluding hydrogens is 276 g/mol. The van der Waals surface area contributed by atoms with E-state index in [1.54, 1.807) is 14.1 Å². The summed E-state index contributed by atoms with van der Waals surface area (Å²) in [7, 11) is 3.20. The quantitative estimate of drug-likeness (QED) is 0.479. The lowest BCUT2D eigenvalue weighted by Crippen LogP contribution is -2.22. The Morgan fingerprint density at radius 3 is 2.67 bits per heavy atom. The van der Waals surface area contributed by atoms with Gasteiger partial charge in [0, 0.05) is 38.0 Å². The molecule has 0 atom stereocenters. The first-order valence-electron chi connectivity index (χ1n) is 5.95. The smallest absolute Gasteiger partial charge is 0.273 e. The molecule has 0 saturated carbocycles. The molecule has 108 valence electrons. The van der Waals surface area contributed by atoms with Gasteiger partial charge in [0.05, 0.1) is 10.6 Å². The summed E-state index contributed by atoms with van der Waals surface area (Å²) in [4.78, 5) is 34.4. The van der Waals surface area contributed by atoms with Crippen LogP contribution in [-0.2, 0) is 0 Å². The molecule has 1 heterocycles. The van der Waals surface area contributed by atoms with Gasteiger partial charge in [0.25, 0.3) is 11.6 Å². The van der Waals surface area contributed by atoms with Crippen LogP contribution in [0.5, 0.6) is 0 Å². The summed E-state index contributed by atoms with van der Waals surface area (Å²) in [6.45, 7) is 0. The van der Waals surface area contributed by atoms with E-state index in [4.69, 9.17) is 0 Å². The molecule has 1 amide bonds. The predicted octanol–water partition coefficient (Wildman–Crippen LogP) is 1.29. The maximum atomic E-state index is 11.8. The number of benzene rings is 1. The van der Waals surface area contributed by atoms with Crippen molar-refractivity contribution < 1.29 is 14.5 Å². The van der Waals surface area contributed by atoms with Crippen molar-refractivity contribution in [1.29, 1.82) is 0 Å². The molecule has 0 unspecified atom stereocenters. The van der Waals surface area contributed by atoms with E-state index < -0.39 is 4.92 Å². The number of hydrogen-bond donors (Lipinski definition) is 0. The Morgan fingerprint density at radius 2 is 2.10 bits per heavy atom. The molecular formula is C13H12N4O4. The molecule has 0 aliphatic heterocycles. The molecule has 2 rings (SSSR count). The van der Waals surface area contributed by atoms with E-state index in [0.717, 1.165) is 6.07 Å². The van der Waals surface area contributed by atoms with E-state index in [0.29, 0.717) is 12.0 Å². The summed E-state index contributed by atoms with van der Waals surface area (Å²) in [6, 6.07) is 5.37. The third-order valence-electron chi connectivity index (χ3n) is 2.81. The van der Waals surface area contributed by atoms with Crippen molar-refractivity contribution in [1.82, 2.24) is 14.7 Å². The number of non-ortho nitro benzene ring substituents is 1. The molecule has 1 aromatic carbocycles. The minimum Gasteiger partial charge on any atom is -0.343 e. The number of nitro benzene ring substituents is 1. The van der Waals surface area contributed by atoms with Crippen LogP contribution < -0.4 is 0 Å². The highest BCUT2D eigenvalue weighted by Gasteiger charge is 2.15. The standard InChI is InChI=1S/C13H12N4O4/c1-15(2)13(19)11-5-6-16(14-11)12-4-3-10(17(20)21)7-9(12)8-18/h3-8H,1-2H3. The van der Waals surface area contributed by atoms with Crippen molar-refractivity contribution in [3.63, 3.8) is 0 Å². The summed E-state index contributed by atoms with van der Waals surface area (Å²) < 4.78 is 1.34. The topological polar surface area (TPSA) is 98.3 Å². The van der Waals surface area contributed by atoms with E-state index in [2.05, 4.69) is 5.10 Å². The summed E-state index contributed by atoms with van der Waals surface area (Å²) >= 11 is 0. The molecule has 0 aliphatic rings. The molecule has 0 radical (unpaired) electrons. The Bertz CT molecular complexity index is 721. The van der Waals surface area contributed by atoms with Crippen LogP contribution in [0, 0.1) is 10.1 Å². The van der Waals surface area contributed by atoms with E-state index >= 15 is 0 Å². The van der Waals surface area contributed by atoms with E-state index in [-0.39, 0.29) is 22.9 Å². The Kier molecular flexibility index (Phi) is 3.79. The van der Waals surface area contributed by atoms with Crippen LogP contribution in [0.4, 0.5) is 5.69 Å². The maximum Gasteiger partial charge on any atom is 0.273 e. The predicted molar refractivity (Wildman–Crippen MR) is 73.6 cm³/mol. The van der Waals surface area contributed by atoms with Gasteiger partial charge in [-0.1, -0.05) is 0 Å². The molecule has 0 fully saturated rings. The summed E-state index contributed by atoms with van der Waals surface area (Å²) in [6.07, 6.45) is 2.03. The molecule has 0 saturated heterocycles. The fourth-order valence-electron chi connectivity index (χ4n) is 1.76. The van der Waals surface area contributed by atoms with Gasteiger partial charge in [-0.2, -0.15) is 5.10 Å². The van der Waals surface area contributed by atoms with Crippen molar-refractivity contribution >= 4 is 17.9 Å². The van der Waals surface area contributed by atoms with Crippen LogP contribution >= 0.6 is 0 Å². The van der Waals surface area contributed by atoms with Gasteiger partial charge in [0.15, 0.2) is 12.0 Å². The highest BCUT2D eigenvalue weighted by molar-refractivity contribution is 5.92. The Hall–Kier alpha value is -3.03. The molecule has 21 heavy (non-hydrogen) atoms. The Labute approximate surface area is 119 Å². The maximum absolute atomic E-state index is 11.8. The lowest BCUT2D eigenvalue weighted by Gasteiger charge is -2.07. The summed E-state index contributed by atoms with van der Waals surface area (Å²) in [5.41, 5.74) is 0.525. The first-order valence-corrected chi connectivity index (χ1v) is 5.95. The summed E-state index contributed by atoms with van der Waals surface area (Å²) in [5.74, 6) is -0.275. The van der Waals surface area contributed by atoms with Crippen LogP contribution in [0.1, 0.15) is 20.8 Å². The monoisotopic (exact) mass is 288 g/mol. The van der Waals surface area contributed by atoms with Gasteiger partial charge in [0.2, 0.25) is 0 Å². The third-order valence-corrected chi connectivity index (χ3v) is 2.81. The zero-order valence-corrected chi connectivity index (χ0v) is 11.4. The average Bonchev–Trinajstić information content (AvgIpc) is 2.94. The zero-order valence-electron chi connectivity index (χ0n) is 11.4. The second kappa shape index (κ2) is 5.53. The number of rotatable bonds is 4. The van der Waals surface area contributed by atoms with Gasteiger partial charge in [0.1, 0.15) is 0 Å². The molecule has 0 aliphatic carbocycles. The fourth-order valence-corrected chi connectivity index (χ4v) is 1.76. The van der Waals surface area contributed by atoms with E-state index in [1.807, 2.05) is 0 Å². The number of aromatic nitrogens is 2. The van der Waals surface area contributed by atoms with Crippen LogP contribution in [0.25, 0.3) is 5.69 Å². The van der Waals surface area contributed by atoms with Gasteiger partial charge >= 0.3 is 0 Å². The SMILES string of the molecule is CN(C)C(=O)c1ccn(-c2ccc([N+](=O)[O-])cc2C=O)n1. The lowest BCUT2D eigenvalue weighted by atomic mass is 10.2. The van der Waals surface area contributed by atoms with Crippen molar-refractivity contribution in [3.8, 4) is 5.69 Å². The van der Waals surface area contributed by atoms with Gasteiger partial charge in [-0.3, -0.25) is 19.7 Å². The zero-order chi connectivity index (χ0) is 15.6. The van der Waals surface area contributed by atoms with Crippen LogP contribution in [0.15, 0.2) is 30.5 Å². The van der Waals surface area contributed by atoms with Gasteiger partial charge < -0.3 is 4.90 Å². The number of aldehydes is 1. The number of nitrogens with zero attached hydrogens (tertiary/aromatic N) is 4. The Balaban J connectivity index is 2.45. The number of carbonyl (C=O) groups is 2. The highest BCUT2D eigenvalue weighted by Crippen LogP contribution is 2.19. The minimum atomic E-state index is -0.582. The largest absolute Gasteiger partial charge is 0.343 e. The fraction of sp³-hybridized carbons (Fsp3) is 0.154. The number of nitro groups is 1. The van der Waals surface area contributed by atoms with Crippen molar-refractivity contribution in [2.24, 2.45) is 0 Å². The van der Waals surface area contributed by atoms with E-state index in [1.165, 1.54) is 34.0 Å². The Morgan fingerprint density at radius 1 is 1.38 bits per heavy atom. The number of amides is 1. The van der Waals surface area contributed by atoms with Crippen molar-refractivity contribution in [2.75, 3.05) is 14.1 Å². The minimum absolute atomic E-state index is 0.121. The van der Waals surface area contributed by atoms with Gasteiger partial charge in [-0.25, -0.2) is 4.68 Å². The van der Waals surface area contributed by atoms with Crippen molar-refractivity contribution in [2.45, 2.75) is 0 Å². The first kappa shape index (κ1) is 14.4. The second-order valence-corrected chi connectivity index (χ2v) is 4.46. The van der Waals surface area contributed by atoms with E-state index in [9.17, 15) is 19.7 Å². The average molecular weight is 288 g/mol. The van der Waals surface area contributed by atoms with Crippen LogP contribution in [0.2, 0.25) is 0 Å². The molecule has 8 heteroatoms. The molecule has 0 spiro atoms. The number of carbonyl (C=O) groups excluding carboxylic acids is 2. The first-order chi connectivity index (χ1) is 9.93. The van der Waals surface area contributed by atoms with Crippen LogP contribution in [-0.4, -0.2) is 45.9 Å². The second-order valence-electron chi connectivity index (χ2n) is 4.46. The lowest BCUT2D eigenvalue weighted by molar-refractivity contribution is -0.384. The van der Waals surface area contributed by atoms with Crippen LogP contribution in [0.3, 0.4) is 0 Å². The molecule has 2 aromatic rings. The van der Waals surface area contributed by atoms with Gasteiger partial charge in [-0.15, -0.1) is 0 Å². The molecule has 8 nitrogen and oxygen atoms in total. The normalized spacial score (nSPS) is 10.2. The number of hydrogen-bond acceptors (Lipinski definition) is 5. The highest BCUT2D eigenvalue weighted by atomic mass is 16.6. The third kappa shape index (κ3) is 2.78.